The van der Waals surface area contributed by atoms with Crippen LogP contribution in [0.3, 0.4) is 0 Å². The van der Waals surface area contributed by atoms with E-state index < -0.39 is 5.54 Å². The van der Waals surface area contributed by atoms with Crippen LogP contribution in [0.25, 0.3) is 0 Å². The van der Waals surface area contributed by atoms with Crippen molar-refractivity contribution >= 4 is 5.91 Å². The molecule has 1 amide bonds. The Morgan fingerprint density at radius 3 is 2.17 bits per heavy atom. The Bertz CT molecular complexity index is 635. The number of hydrogen-bond acceptors (Lipinski definition) is 5. The van der Waals surface area contributed by atoms with Gasteiger partial charge in [0, 0.05) is 0 Å². The Balaban J connectivity index is 2.04. The summed E-state index contributed by atoms with van der Waals surface area (Å²) in [6.45, 7) is 6.66. The molecule has 0 saturated heterocycles. The van der Waals surface area contributed by atoms with Gasteiger partial charge in [-0.2, -0.15) is 5.26 Å². The van der Waals surface area contributed by atoms with Crippen molar-refractivity contribution in [2.45, 2.75) is 39.4 Å². The van der Waals surface area contributed by atoms with E-state index in [1.165, 1.54) is 0 Å². The predicted octanol–water partition coefficient (Wildman–Crippen LogP) is 2.93. The molecule has 0 aliphatic heterocycles. The number of nitriles is 1. The van der Waals surface area contributed by atoms with Crippen molar-refractivity contribution < 1.29 is 13.6 Å². The smallest absolute Gasteiger partial charge is 0.235 e. The maximum atomic E-state index is 12.4. The second-order valence-electron chi connectivity index (χ2n) is 6.32. The van der Waals surface area contributed by atoms with Crippen LogP contribution in [0.4, 0.5) is 0 Å². The third-order valence-corrected chi connectivity index (χ3v) is 4.07. The summed E-state index contributed by atoms with van der Waals surface area (Å²) >= 11 is 0. The molecule has 0 fully saturated rings. The van der Waals surface area contributed by atoms with E-state index >= 15 is 0 Å². The zero-order valence-electron chi connectivity index (χ0n) is 14.3. The van der Waals surface area contributed by atoms with Gasteiger partial charge >= 0.3 is 0 Å². The van der Waals surface area contributed by atoms with E-state index in [0.29, 0.717) is 13.1 Å². The fourth-order valence-corrected chi connectivity index (χ4v) is 2.25. The second kappa shape index (κ2) is 7.84. The minimum absolute atomic E-state index is 0.00930. The third-order valence-electron chi connectivity index (χ3n) is 4.07. The molecule has 0 aliphatic carbocycles. The van der Waals surface area contributed by atoms with Gasteiger partial charge in [0.1, 0.15) is 17.1 Å². The van der Waals surface area contributed by atoms with E-state index in [4.69, 9.17) is 8.83 Å². The molecule has 6 heteroatoms. The highest BCUT2D eigenvalue weighted by Gasteiger charge is 2.30. The fraction of sp³-hybridized carbons (Fsp3) is 0.444. The van der Waals surface area contributed by atoms with E-state index in [9.17, 15) is 10.1 Å². The molecule has 0 saturated carbocycles. The van der Waals surface area contributed by atoms with E-state index in [1.54, 1.807) is 19.5 Å². The molecule has 6 nitrogen and oxygen atoms in total. The molecule has 2 rings (SSSR count). The normalized spacial score (nSPS) is 13.7. The molecule has 128 valence electrons. The van der Waals surface area contributed by atoms with Gasteiger partial charge in [-0.05, 0) is 37.1 Å². The van der Waals surface area contributed by atoms with Crippen molar-refractivity contribution in [3.8, 4) is 6.07 Å². The minimum Gasteiger partial charge on any atom is -0.468 e. The van der Waals surface area contributed by atoms with Gasteiger partial charge in [-0.3, -0.25) is 9.69 Å². The third kappa shape index (κ3) is 4.74. The Morgan fingerprint density at radius 2 is 1.79 bits per heavy atom. The fourth-order valence-electron chi connectivity index (χ4n) is 2.25. The van der Waals surface area contributed by atoms with Gasteiger partial charge in [0.15, 0.2) is 0 Å². The first kappa shape index (κ1) is 17.8. The largest absolute Gasteiger partial charge is 0.468 e. The van der Waals surface area contributed by atoms with Gasteiger partial charge in [-0.1, -0.05) is 13.8 Å². The summed E-state index contributed by atoms with van der Waals surface area (Å²) in [5.74, 6) is 1.34. The zero-order valence-corrected chi connectivity index (χ0v) is 14.3. The number of carbonyl (C=O) groups is 1. The van der Waals surface area contributed by atoms with E-state index in [0.717, 1.165) is 11.5 Å². The first-order chi connectivity index (χ1) is 11.4. The lowest BCUT2D eigenvalue weighted by Gasteiger charge is -2.29. The molecule has 0 aromatic carbocycles. The van der Waals surface area contributed by atoms with Crippen LogP contribution in [-0.4, -0.2) is 22.9 Å². The predicted molar refractivity (Wildman–Crippen MR) is 88.5 cm³/mol. The van der Waals surface area contributed by atoms with E-state index in [2.05, 4.69) is 11.4 Å². The number of carbonyl (C=O) groups excluding carboxylic acids is 1. The maximum Gasteiger partial charge on any atom is 0.235 e. The molecule has 2 aromatic rings. The molecule has 1 atom stereocenters. The second-order valence-corrected chi connectivity index (χ2v) is 6.32. The van der Waals surface area contributed by atoms with Gasteiger partial charge in [0.2, 0.25) is 5.91 Å². The summed E-state index contributed by atoms with van der Waals surface area (Å²) in [5.41, 5.74) is -0.891. The zero-order chi connectivity index (χ0) is 17.6. The standard InChI is InChI=1S/C18H23N3O3/c1-14(2)18(3,13-19)20-17(22)12-21(10-15-6-4-8-23-15)11-16-7-5-9-24-16/h4-9,14H,10-12H2,1-3H3,(H,20,22)/t18-/m0/s1. The van der Waals surface area contributed by atoms with Crippen molar-refractivity contribution in [1.29, 1.82) is 5.26 Å². The highest BCUT2D eigenvalue weighted by atomic mass is 16.3. The number of amides is 1. The molecule has 1 N–H and O–H groups in total. The van der Waals surface area contributed by atoms with Crippen LogP contribution in [-0.2, 0) is 17.9 Å². The minimum atomic E-state index is -0.891. The maximum absolute atomic E-state index is 12.4. The van der Waals surface area contributed by atoms with Crippen LogP contribution in [0.15, 0.2) is 45.6 Å². The van der Waals surface area contributed by atoms with Gasteiger partial charge in [-0.15, -0.1) is 0 Å². The highest BCUT2D eigenvalue weighted by molar-refractivity contribution is 5.79. The van der Waals surface area contributed by atoms with Crippen LogP contribution < -0.4 is 5.32 Å². The Morgan fingerprint density at radius 1 is 1.25 bits per heavy atom. The van der Waals surface area contributed by atoms with Crippen molar-refractivity contribution in [3.05, 3.63) is 48.3 Å². The van der Waals surface area contributed by atoms with E-state index in [1.807, 2.05) is 43.0 Å². The van der Waals surface area contributed by atoms with Gasteiger partial charge < -0.3 is 14.2 Å². The number of nitrogens with one attached hydrogen (secondary N) is 1. The molecule has 0 bridgehead atoms. The monoisotopic (exact) mass is 329 g/mol. The quantitative estimate of drug-likeness (QED) is 0.805. The summed E-state index contributed by atoms with van der Waals surface area (Å²) < 4.78 is 10.7. The molecular weight excluding hydrogens is 306 g/mol. The van der Waals surface area contributed by atoms with Crippen molar-refractivity contribution in [2.24, 2.45) is 5.92 Å². The first-order valence-electron chi connectivity index (χ1n) is 7.92. The molecule has 0 unspecified atom stereocenters. The topological polar surface area (TPSA) is 82.4 Å². The lowest BCUT2D eigenvalue weighted by atomic mass is 9.90. The van der Waals surface area contributed by atoms with E-state index in [-0.39, 0.29) is 18.4 Å². The number of nitrogens with zero attached hydrogens (tertiary/aromatic N) is 2. The van der Waals surface area contributed by atoms with Gasteiger partial charge in [0.25, 0.3) is 0 Å². The van der Waals surface area contributed by atoms with Crippen LogP contribution in [0.5, 0.6) is 0 Å². The first-order valence-corrected chi connectivity index (χ1v) is 7.92. The lowest BCUT2D eigenvalue weighted by molar-refractivity contribution is -0.124. The highest BCUT2D eigenvalue weighted by Crippen LogP contribution is 2.16. The molecule has 24 heavy (non-hydrogen) atoms. The Kier molecular flexibility index (Phi) is 5.83. The average Bonchev–Trinajstić information content (AvgIpc) is 3.20. The molecule has 2 aromatic heterocycles. The summed E-state index contributed by atoms with van der Waals surface area (Å²) in [6.07, 6.45) is 3.21. The van der Waals surface area contributed by atoms with Gasteiger partial charge in [-0.25, -0.2) is 0 Å². The summed E-state index contributed by atoms with van der Waals surface area (Å²) in [6, 6.07) is 9.53. The Labute approximate surface area is 142 Å². The molecule has 0 aliphatic rings. The Hall–Kier alpha value is -2.52. The van der Waals surface area contributed by atoms with Crippen molar-refractivity contribution in [3.63, 3.8) is 0 Å². The average molecular weight is 329 g/mol. The summed E-state index contributed by atoms with van der Waals surface area (Å²) in [5, 5.41) is 12.2. The number of rotatable bonds is 8. The van der Waals surface area contributed by atoms with Gasteiger partial charge in [0.05, 0.1) is 38.2 Å². The lowest BCUT2D eigenvalue weighted by Crippen LogP contribution is -2.51. The van der Waals surface area contributed by atoms with Crippen LogP contribution >= 0.6 is 0 Å². The molecule has 0 radical (unpaired) electrons. The molecule has 2 heterocycles. The molecule has 0 spiro atoms. The SMILES string of the molecule is CC(C)[C@](C)(C#N)NC(=O)CN(Cc1ccco1)Cc1ccco1. The summed E-state index contributed by atoms with van der Waals surface area (Å²) in [7, 11) is 0. The van der Waals surface area contributed by atoms with Crippen molar-refractivity contribution in [1.82, 2.24) is 10.2 Å². The van der Waals surface area contributed by atoms with Crippen LogP contribution in [0, 0.1) is 17.2 Å². The van der Waals surface area contributed by atoms with Crippen LogP contribution in [0.2, 0.25) is 0 Å². The number of furan rings is 2. The molecular formula is C18H23N3O3. The summed E-state index contributed by atoms with van der Waals surface area (Å²) in [4.78, 5) is 14.3. The number of hydrogen-bond donors (Lipinski definition) is 1. The van der Waals surface area contributed by atoms with Crippen LogP contribution in [0.1, 0.15) is 32.3 Å². The van der Waals surface area contributed by atoms with Crippen molar-refractivity contribution in [2.75, 3.05) is 6.54 Å².